The minimum atomic E-state index is -0.313. The highest BCUT2D eigenvalue weighted by Gasteiger charge is 2.18. The van der Waals surface area contributed by atoms with Crippen molar-refractivity contribution in [2.24, 2.45) is 0 Å². The van der Waals surface area contributed by atoms with Crippen LogP contribution >= 0.6 is 0 Å². The molecule has 0 spiro atoms. The summed E-state index contributed by atoms with van der Waals surface area (Å²) >= 11 is 0. The van der Waals surface area contributed by atoms with Gasteiger partial charge in [0.05, 0.1) is 24.3 Å². The van der Waals surface area contributed by atoms with Gasteiger partial charge in [-0.3, -0.25) is 9.78 Å². The Morgan fingerprint density at radius 3 is 2.70 bits per heavy atom. The lowest BCUT2D eigenvalue weighted by Crippen LogP contribution is -2.19. The molecule has 3 rings (SSSR count). The predicted octanol–water partition coefficient (Wildman–Crippen LogP) is 3.64. The maximum atomic E-state index is 13.5. The number of benzene rings is 1. The number of carbonyl (C=O) groups excluding carboxylic acids is 1. The molecule has 1 amide bonds. The highest BCUT2D eigenvalue weighted by Crippen LogP contribution is 2.23. The molecule has 0 aliphatic rings. The van der Waals surface area contributed by atoms with Gasteiger partial charge < -0.3 is 9.88 Å². The average Bonchev–Trinajstić information content (AvgIpc) is 3.08. The van der Waals surface area contributed by atoms with E-state index in [4.69, 9.17) is 0 Å². The number of rotatable bonds is 5. The second kappa shape index (κ2) is 6.87. The van der Waals surface area contributed by atoms with Crippen molar-refractivity contribution in [1.29, 1.82) is 0 Å². The van der Waals surface area contributed by atoms with Crippen LogP contribution in [0.1, 0.15) is 18.0 Å². The number of halogens is 1. The maximum Gasteiger partial charge on any atom is 0.226 e. The molecule has 0 aliphatic heterocycles. The lowest BCUT2D eigenvalue weighted by molar-refractivity contribution is -0.116. The molecule has 4 nitrogen and oxygen atoms in total. The Morgan fingerprint density at radius 2 is 2.00 bits per heavy atom. The van der Waals surface area contributed by atoms with Crippen LogP contribution in [0.15, 0.2) is 73.3 Å². The number of pyridine rings is 1. The molecule has 2 aromatic heterocycles. The highest BCUT2D eigenvalue weighted by atomic mass is 19.1. The SMILES string of the molecule is O=C(C[C@H](c1cccc(F)c1)n1cccc1)Nc1cccnc1. The van der Waals surface area contributed by atoms with Crippen LogP contribution in [0.5, 0.6) is 0 Å². The Kier molecular flexibility index (Phi) is 4.47. The molecule has 23 heavy (non-hydrogen) atoms. The summed E-state index contributed by atoms with van der Waals surface area (Å²) in [7, 11) is 0. The van der Waals surface area contributed by atoms with Gasteiger partial charge in [0.15, 0.2) is 0 Å². The first-order valence-corrected chi connectivity index (χ1v) is 7.30. The Balaban J connectivity index is 1.81. The zero-order valence-electron chi connectivity index (χ0n) is 12.4. The van der Waals surface area contributed by atoms with E-state index in [-0.39, 0.29) is 24.2 Å². The van der Waals surface area contributed by atoms with E-state index < -0.39 is 0 Å². The topological polar surface area (TPSA) is 46.9 Å². The van der Waals surface area contributed by atoms with Gasteiger partial charge in [0.1, 0.15) is 5.82 Å². The molecular formula is C18H16FN3O. The van der Waals surface area contributed by atoms with E-state index >= 15 is 0 Å². The van der Waals surface area contributed by atoms with E-state index in [1.807, 2.05) is 35.2 Å². The van der Waals surface area contributed by atoms with Crippen LogP contribution in [-0.4, -0.2) is 15.5 Å². The van der Waals surface area contributed by atoms with Crippen LogP contribution in [0, 0.1) is 5.82 Å². The van der Waals surface area contributed by atoms with Gasteiger partial charge in [-0.05, 0) is 42.0 Å². The fraction of sp³-hybridized carbons (Fsp3) is 0.111. The standard InChI is InChI=1S/C18H16FN3O/c19-15-6-3-5-14(11-15)17(22-9-1-2-10-22)12-18(23)21-16-7-4-8-20-13-16/h1-11,13,17H,12H2,(H,21,23)/t17-/m1/s1. The van der Waals surface area contributed by atoms with Gasteiger partial charge in [0, 0.05) is 18.6 Å². The van der Waals surface area contributed by atoms with E-state index in [2.05, 4.69) is 10.3 Å². The van der Waals surface area contributed by atoms with Crippen molar-refractivity contribution in [2.75, 3.05) is 5.32 Å². The summed E-state index contributed by atoms with van der Waals surface area (Å²) in [6.45, 7) is 0. The van der Waals surface area contributed by atoms with Crippen molar-refractivity contribution < 1.29 is 9.18 Å². The maximum absolute atomic E-state index is 13.5. The second-order valence-electron chi connectivity index (χ2n) is 5.20. The molecule has 3 aromatic rings. The number of nitrogens with one attached hydrogen (secondary N) is 1. The third-order valence-electron chi connectivity index (χ3n) is 3.54. The Morgan fingerprint density at radius 1 is 1.17 bits per heavy atom. The van der Waals surface area contributed by atoms with E-state index in [0.29, 0.717) is 5.69 Å². The zero-order valence-corrected chi connectivity index (χ0v) is 12.4. The first-order valence-electron chi connectivity index (χ1n) is 7.30. The molecule has 1 atom stereocenters. The first-order chi connectivity index (χ1) is 11.2. The van der Waals surface area contributed by atoms with Gasteiger partial charge in [0.2, 0.25) is 5.91 Å². The zero-order chi connectivity index (χ0) is 16.1. The largest absolute Gasteiger partial charge is 0.346 e. The monoisotopic (exact) mass is 309 g/mol. The van der Waals surface area contributed by atoms with E-state index in [9.17, 15) is 9.18 Å². The minimum absolute atomic E-state index is 0.152. The summed E-state index contributed by atoms with van der Waals surface area (Å²) in [4.78, 5) is 16.3. The van der Waals surface area contributed by atoms with Crippen LogP contribution in [0.2, 0.25) is 0 Å². The van der Waals surface area contributed by atoms with Crippen LogP contribution in [-0.2, 0) is 4.79 Å². The van der Waals surface area contributed by atoms with Crippen LogP contribution < -0.4 is 5.32 Å². The van der Waals surface area contributed by atoms with Gasteiger partial charge in [-0.25, -0.2) is 4.39 Å². The summed E-state index contributed by atoms with van der Waals surface area (Å²) in [6.07, 6.45) is 7.17. The van der Waals surface area contributed by atoms with E-state index in [0.717, 1.165) is 5.56 Å². The number of hydrogen-bond acceptors (Lipinski definition) is 2. The fourth-order valence-electron chi connectivity index (χ4n) is 2.49. The second-order valence-corrected chi connectivity index (χ2v) is 5.20. The third kappa shape index (κ3) is 3.83. The van der Waals surface area contributed by atoms with Crippen LogP contribution in [0.4, 0.5) is 10.1 Å². The summed E-state index contributed by atoms with van der Waals surface area (Å²) in [5.41, 5.74) is 1.39. The molecule has 0 unspecified atom stereocenters. The molecule has 0 radical (unpaired) electrons. The Bertz CT molecular complexity index is 772. The smallest absolute Gasteiger partial charge is 0.226 e. The lowest BCUT2D eigenvalue weighted by Gasteiger charge is -2.19. The van der Waals surface area contributed by atoms with Crippen LogP contribution in [0.25, 0.3) is 0 Å². The number of hydrogen-bond donors (Lipinski definition) is 1. The van der Waals surface area contributed by atoms with Crippen molar-refractivity contribution in [1.82, 2.24) is 9.55 Å². The summed E-state index contributed by atoms with van der Waals surface area (Å²) in [5, 5.41) is 2.81. The van der Waals surface area contributed by atoms with Gasteiger partial charge in [0.25, 0.3) is 0 Å². The fourth-order valence-corrected chi connectivity index (χ4v) is 2.49. The van der Waals surface area contributed by atoms with E-state index in [1.165, 1.54) is 12.1 Å². The van der Waals surface area contributed by atoms with Gasteiger partial charge >= 0.3 is 0 Å². The van der Waals surface area contributed by atoms with Crippen molar-refractivity contribution in [3.05, 3.63) is 84.7 Å². The number of amides is 1. The molecule has 0 bridgehead atoms. The van der Waals surface area contributed by atoms with Crippen molar-refractivity contribution in [3.63, 3.8) is 0 Å². The Labute approximate surface area is 133 Å². The van der Waals surface area contributed by atoms with Crippen molar-refractivity contribution in [2.45, 2.75) is 12.5 Å². The van der Waals surface area contributed by atoms with E-state index in [1.54, 1.807) is 30.6 Å². The van der Waals surface area contributed by atoms with Gasteiger partial charge in [-0.2, -0.15) is 0 Å². The molecule has 0 aliphatic carbocycles. The predicted molar refractivity (Wildman–Crippen MR) is 86.5 cm³/mol. The molecule has 0 saturated carbocycles. The minimum Gasteiger partial charge on any atom is -0.346 e. The quantitative estimate of drug-likeness (QED) is 0.782. The number of nitrogens with zero attached hydrogens (tertiary/aromatic N) is 2. The van der Waals surface area contributed by atoms with Crippen molar-refractivity contribution in [3.8, 4) is 0 Å². The summed E-state index contributed by atoms with van der Waals surface area (Å²) < 4.78 is 15.4. The van der Waals surface area contributed by atoms with Gasteiger partial charge in [-0.15, -0.1) is 0 Å². The molecule has 2 heterocycles. The highest BCUT2D eigenvalue weighted by molar-refractivity contribution is 5.91. The summed E-state index contributed by atoms with van der Waals surface area (Å²) in [5.74, 6) is -0.465. The number of anilines is 1. The normalized spacial score (nSPS) is 11.9. The molecule has 116 valence electrons. The number of aromatic nitrogens is 2. The average molecular weight is 309 g/mol. The lowest BCUT2D eigenvalue weighted by atomic mass is 10.0. The van der Waals surface area contributed by atoms with Crippen LogP contribution in [0.3, 0.4) is 0 Å². The first kappa shape index (κ1) is 15.0. The third-order valence-corrected chi connectivity index (χ3v) is 3.54. The molecule has 5 heteroatoms. The number of carbonyl (C=O) groups is 1. The van der Waals surface area contributed by atoms with Crippen molar-refractivity contribution >= 4 is 11.6 Å². The Hall–Kier alpha value is -2.95. The molecular weight excluding hydrogens is 293 g/mol. The summed E-state index contributed by atoms with van der Waals surface area (Å²) in [6, 6.07) is 13.4. The molecule has 1 N–H and O–H groups in total. The molecule has 0 fully saturated rings. The molecule has 0 saturated heterocycles. The van der Waals surface area contributed by atoms with Gasteiger partial charge in [-0.1, -0.05) is 12.1 Å². The molecule has 1 aromatic carbocycles.